The molecule has 0 N–H and O–H groups in total. The number of carbonyl (C=O) groups excluding carboxylic acids is 1. The van der Waals surface area contributed by atoms with E-state index in [0.29, 0.717) is 23.5 Å². The van der Waals surface area contributed by atoms with Crippen LogP contribution in [0.2, 0.25) is 0 Å². The molecule has 0 spiro atoms. The highest BCUT2D eigenvalue weighted by Gasteiger charge is 2.43. The largest absolute Gasteiger partial charge is 0.493 e. The van der Waals surface area contributed by atoms with Gasteiger partial charge in [0, 0.05) is 35.7 Å². The number of halogens is 1. The highest BCUT2D eigenvalue weighted by molar-refractivity contribution is 6.42. The lowest BCUT2D eigenvalue weighted by Crippen LogP contribution is -2.45. The zero-order valence-corrected chi connectivity index (χ0v) is 20.7. The summed E-state index contributed by atoms with van der Waals surface area (Å²) in [6.45, 7) is 6.22. The number of ether oxygens (including phenoxy) is 1. The van der Waals surface area contributed by atoms with Crippen molar-refractivity contribution in [3.8, 4) is 16.9 Å². The van der Waals surface area contributed by atoms with Crippen LogP contribution < -0.4 is 4.74 Å². The predicted octanol–water partition coefficient (Wildman–Crippen LogP) is 4.22. The van der Waals surface area contributed by atoms with Gasteiger partial charge in [0.25, 0.3) is 5.91 Å². The molecule has 4 aromatic rings. The van der Waals surface area contributed by atoms with Gasteiger partial charge in [0.15, 0.2) is 0 Å². The molecule has 0 unspecified atom stereocenters. The van der Waals surface area contributed by atoms with Crippen LogP contribution in [0, 0.1) is 18.7 Å². The highest BCUT2D eigenvalue weighted by Crippen LogP contribution is 2.39. The summed E-state index contributed by atoms with van der Waals surface area (Å²) in [4.78, 5) is 18.6. The maximum atomic E-state index is 15.8. The molecule has 0 atom stereocenters. The number of carbonyl (C=O) groups is 1. The fourth-order valence-electron chi connectivity index (χ4n) is 4.61. The second kappa shape index (κ2) is 8.80. The molecule has 1 amide bonds. The smallest absolute Gasteiger partial charge is 0.255 e. The Morgan fingerprint density at radius 2 is 1.94 bits per heavy atom. The van der Waals surface area contributed by atoms with Crippen molar-refractivity contribution < 1.29 is 13.9 Å². The van der Waals surface area contributed by atoms with Gasteiger partial charge in [-0.1, -0.05) is 26.0 Å². The molecule has 5 rings (SSSR count). The number of benzene rings is 2. The van der Waals surface area contributed by atoms with Gasteiger partial charge < -0.3 is 9.64 Å². The summed E-state index contributed by atoms with van der Waals surface area (Å²) < 4.78 is 23.7. The topological polar surface area (TPSA) is 60.2 Å². The summed E-state index contributed by atoms with van der Waals surface area (Å²) in [5.74, 6) is -0.379. The Kier molecular flexibility index (Phi) is 5.89. The molecule has 0 fully saturated rings. The molecule has 2 aromatic heterocycles. The number of aryl methyl sites for hydroxylation is 2. The zero-order chi connectivity index (χ0) is 25.8. The van der Waals surface area contributed by atoms with Crippen molar-refractivity contribution in [2.45, 2.75) is 32.7 Å². The van der Waals surface area contributed by atoms with E-state index in [1.807, 2.05) is 46.1 Å². The molecule has 3 heterocycles. The summed E-state index contributed by atoms with van der Waals surface area (Å²) >= 11 is 0. The SMILES string of the molecule is [B]C1([B])c2ncccc2C(=O)N1Cc1c(F)cc(-c2ccc(C)c3nn(C)cc23)cc1OCC(C)C. The maximum Gasteiger partial charge on any atom is 0.255 e. The molecule has 36 heavy (non-hydrogen) atoms. The van der Waals surface area contributed by atoms with E-state index >= 15 is 4.39 Å². The van der Waals surface area contributed by atoms with Gasteiger partial charge in [0.2, 0.25) is 0 Å². The van der Waals surface area contributed by atoms with E-state index in [9.17, 15) is 4.79 Å². The van der Waals surface area contributed by atoms with Crippen LogP contribution in [-0.4, -0.2) is 47.9 Å². The fourth-order valence-corrected chi connectivity index (χ4v) is 4.61. The van der Waals surface area contributed by atoms with Crippen LogP contribution in [0.5, 0.6) is 5.75 Å². The standard InChI is InChI=1S/C27H25B2FN4O2/c1-15(2)14-36-23-11-17(18-8-7-16(3)24-20(18)12-33(4)32-24)10-22(30)21(23)13-34-26(35)19-6-5-9-31-25(19)27(34,28)29/h5-12,15H,13-14H2,1-4H3. The van der Waals surface area contributed by atoms with E-state index in [4.69, 9.17) is 20.4 Å². The third kappa shape index (κ3) is 3.96. The molecule has 1 aliphatic rings. The Balaban J connectivity index is 1.60. The van der Waals surface area contributed by atoms with E-state index in [0.717, 1.165) is 22.0 Å². The number of amides is 1. The number of pyridine rings is 1. The lowest BCUT2D eigenvalue weighted by Gasteiger charge is -2.33. The average Bonchev–Trinajstić information content (AvgIpc) is 3.31. The van der Waals surface area contributed by atoms with Crippen LogP contribution in [0.4, 0.5) is 4.39 Å². The van der Waals surface area contributed by atoms with Gasteiger partial charge in [0.05, 0.1) is 45.6 Å². The number of hydrogen-bond donors (Lipinski definition) is 0. The number of rotatable bonds is 6. The van der Waals surface area contributed by atoms with E-state index in [1.165, 1.54) is 17.2 Å². The van der Waals surface area contributed by atoms with Gasteiger partial charge in [-0.25, -0.2) is 4.39 Å². The van der Waals surface area contributed by atoms with Crippen molar-refractivity contribution in [1.82, 2.24) is 19.7 Å². The number of hydrogen-bond acceptors (Lipinski definition) is 4. The Hall–Kier alpha value is -3.61. The van der Waals surface area contributed by atoms with E-state index in [-0.39, 0.29) is 23.7 Å². The first-order chi connectivity index (χ1) is 17.1. The minimum Gasteiger partial charge on any atom is -0.493 e. The van der Waals surface area contributed by atoms with Crippen molar-refractivity contribution in [2.24, 2.45) is 13.0 Å². The van der Waals surface area contributed by atoms with Crippen molar-refractivity contribution in [2.75, 3.05) is 6.61 Å². The summed E-state index contributed by atoms with van der Waals surface area (Å²) in [7, 11) is 14.5. The van der Waals surface area contributed by atoms with Gasteiger partial charge in [-0.2, -0.15) is 5.10 Å². The third-order valence-electron chi connectivity index (χ3n) is 6.46. The summed E-state index contributed by atoms with van der Waals surface area (Å²) in [5, 5.41) is 3.79. The molecule has 0 saturated heterocycles. The van der Waals surface area contributed by atoms with Crippen LogP contribution in [-0.2, 0) is 18.9 Å². The van der Waals surface area contributed by atoms with Gasteiger partial charge in [-0.05, 0) is 53.8 Å². The molecule has 2 aromatic carbocycles. The molecule has 1 aliphatic heterocycles. The minimum atomic E-state index is -1.67. The molecule has 0 bridgehead atoms. The molecular weight excluding hydrogens is 453 g/mol. The van der Waals surface area contributed by atoms with Crippen LogP contribution >= 0.6 is 0 Å². The second-order valence-electron chi connectivity index (χ2n) is 9.75. The first kappa shape index (κ1) is 24.1. The molecule has 0 aliphatic carbocycles. The minimum absolute atomic E-state index is 0.169. The number of fused-ring (bicyclic) bond motifs is 2. The van der Waals surface area contributed by atoms with E-state index < -0.39 is 17.1 Å². The van der Waals surface area contributed by atoms with Crippen molar-refractivity contribution in [1.29, 1.82) is 0 Å². The molecule has 6 nitrogen and oxygen atoms in total. The van der Waals surface area contributed by atoms with Crippen molar-refractivity contribution in [3.63, 3.8) is 0 Å². The summed E-state index contributed by atoms with van der Waals surface area (Å²) in [6, 6.07) is 10.4. The highest BCUT2D eigenvalue weighted by atomic mass is 19.1. The Bertz CT molecular complexity index is 1500. The fraction of sp³-hybridized carbons (Fsp3) is 0.296. The van der Waals surface area contributed by atoms with Crippen LogP contribution in [0.3, 0.4) is 0 Å². The van der Waals surface area contributed by atoms with Gasteiger partial charge in [-0.15, -0.1) is 0 Å². The quantitative estimate of drug-likeness (QED) is 0.390. The first-order valence-electron chi connectivity index (χ1n) is 11.8. The van der Waals surface area contributed by atoms with Crippen molar-refractivity contribution in [3.05, 3.63) is 77.0 Å². The maximum absolute atomic E-state index is 15.8. The molecule has 9 heteroatoms. The van der Waals surface area contributed by atoms with Gasteiger partial charge in [-0.3, -0.25) is 14.5 Å². The molecule has 0 saturated carbocycles. The summed E-state index contributed by atoms with van der Waals surface area (Å²) in [6.07, 6.45) is 3.44. The molecular formula is C27H25B2FN4O2. The predicted molar refractivity (Wildman–Crippen MR) is 138 cm³/mol. The monoisotopic (exact) mass is 478 g/mol. The normalized spacial score (nSPS) is 14.6. The van der Waals surface area contributed by atoms with Crippen molar-refractivity contribution >= 4 is 32.5 Å². The Morgan fingerprint density at radius 3 is 2.67 bits per heavy atom. The van der Waals surface area contributed by atoms with Gasteiger partial charge >= 0.3 is 0 Å². The van der Waals surface area contributed by atoms with Crippen LogP contribution in [0.1, 0.15) is 41.0 Å². The molecule has 4 radical (unpaired) electrons. The third-order valence-corrected chi connectivity index (χ3v) is 6.46. The molecule has 178 valence electrons. The van der Waals surface area contributed by atoms with Crippen LogP contribution in [0.15, 0.2) is 48.8 Å². The van der Waals surface area contributed by atoms with Gasteiger partial charge in [0.1, 0.15) is 11.6 Å². The average molecular weight is 478 g/mol. The van der Waals surface area contributed by atoms with E-state index in [1.54, 1.807) is 22.9 Å². The van der Waals surface area contributed by atoms with Crippen LogP contribution in [0.25, 0.3) is 22.0 Å². The Morgan fingerprint density at radius 1 is 1.17 bits per heavy atom. The number of nitrogens with zero attached hydrogens (tertiary/aromatic N) is 4. The second-order valence-corrected chi connectivity index (χ2v) is 9.75. The lowest BCUT2D eigenvalue weighted by atomic mass is 9.59. The lowest BCUT2D eigenvalue weighted by molar-refractivity contribution is 0.0727. The van der Waals surface area contributed by atoms with E-state index in [2.05, 4.69) is 10.1 Å². The number of aromatic nitrogens is 3. The zero-order valence-electron chi connectivity index (χ0n) is 20.7. The summed E-state index contributed by atoms with van der Waals surface area (Å²) in [5.41, 5.74) is 4.15. The Labute approximate surface area is 212 Å². The first-order valence-corrected chi connectivity index (χ1v) is 11.8.